The number of hydrogen-bond donors (Lipinski definition) is 3. The lowest BCUT2D eigenvalue weighted by Crippen LogP contribution is -2.18. The van der Waals surface area contributed by atoms with Gasteiger partial charge in [0.15, 0.2) is 0 Å². The summed E-state index contributed by atoms with van der Waals surface area (Å²) in [4.78, 5) is 10.5. The second-order valence-electron chi connectivity index (χ2n) is 7.26. The molecule has 0 aromatic heterocycles. The summed E-state index contributed by atoms with van der Waals surface area (Å²) in [7, 11) is 0. The molecule has 150 valence electrons. The summed E-state index contributed by atoms with van der Waals surface area (Å²) < 4.78 is 29.2. The van der Waals surface area contributed by atoms with E-state index in [4.69, 9.17) is 5.11 Å². The molecule has 0 atom stereocenters. The summed E-state index contributed by atoms with van der Waals surface area (Å²) in [5.41, 5.74) is 2.16. The Morgan fingerprint density at radius 1 is 1.11 bits per heavy atom. The second kappa shape index (κ2) is 9.64. The van der Waals surface area contributed by atoms with Crippen LogP contribution in [0.4, 0.5) is 14.5 Å². The number of rotatable bonds is 9. The van der Waals surface area contributed by atoms with Crippen molar-refractivity contribution in [1.82, 2.24) is 5.32 Å². The lowest BCUT2D eigenvalue weighted by Gasteiger charge is -2.18. The molecule has 0 heterocycles. The Balaban J connectivity index is 1.72. The Morgan fingerprint density at radius 2 is 1.79 bits per heavy atom. The third-order valence-corrected chi connectivity index (χ3v) is 5.14. The highest BCUT2D eigenvalue weighted by molar-refractivity contribution is 5.78. The Hall–Kier alpha value is -2.47. The number of carboxylic acid groups (broad SMARTS) is 1. The van der Waals surface area contributed by atoms with Gasteiger partial charge in [0, 0.05) is 35.8 Å². The van der Waals surface area contributed by atoms with Gasteiger partial charge in [0.05, 0.1) is 0 Å². The van der Waals surface area contributed by atoms with Crippen LogP contribution < -0.4 is 10.6 Å². The molecule has 28 heavy (non-hydrogen) atoms. The Labute approximate surface area is 164 Å². The standard InChI is InChI=1S/C22H26F2N2O2/c23-19-12-15(13-20(24)18(19)14-25-11-5-10-22(27)28)17-8-3-4-9-21(17)26-16-6-1-2-7-16/h3-4,8-9,12-13,16,25-26H,1-2,5-7,10-11,14H2,(H,27,28). The van der Waals surface area contributed by atoms with Crippen LogP contribution in [0.15, 0.2) is 36.4 Å². The first-order chi connectivity index (χ1) is 13.5. The number of nitrogens with one attached hydrogen (secondary N) is 2. The van der Waals surface area contributed by atoms with Gasteiger partial charge in [0.1, 0.15) is 11.6 Å². The van der Waals surface area contributed by atoms with E-state index in [-0.39, 0.29) is 18.5 Å². The first kappa shape index (κ1) is 20.3. The zero-order valence-electron chi connectivity index (χ0n) is 15.8. The van der Waals surface area contributed by atoms with Crippen molar-refractivity contribution in [3.63, 3.8) is 0 Å². The first-order valence-electron chi connectivity index (χ1n) is 9.81. The molecule has 3 rings (SSSR count). The first-order valence-corrected chi connectivity index (χ1v) is 9.81. The molecule has 1 saturated carbocycles. The fourth-order valence-corrected chi connectivity index (χ4v) is 3.66. The largest absolute Gasteiger partial charge is 0.481 e. The number of aliphatic carboxylic acids is 1. The van der Waals surface area contributed by atoms with Crippen LogP contribution in [-0.4, -0.2) is 23.7 Å². The molecule has 1 aliphatic rings. The van der Waals surface area contributed by atoms with Crippen molar-refractivity contribution in [1.29, 1.82) is 0 Å². The summed E-state index contributed by atoms with van der Waals surface area (Å²) >= 11 is 0. The number of carbonyl (C=O) groups is 1. The summed E-state index contributed by atoms with van der Waals surface area (Å²) in [6.07, 6.45) is 5.08. The monoisotopic (exact) mass is 388 g/mol. The molecule has 0 spiro atoms. The van der Waals surface area contributed by atoms with Gasteiger partial charge < -0.3 is 15.7 Å². The normalized spacial score (nSPS) is 14.4. The second-order valence-corrected chi connectivity index (χ2v) is 7.26. The highest BCUT2D eigenvalue weighted by Crippen LogP contribution is 2.32. The molecule has 0 radical (unpaired) electrons. The predicted octanol–water partition coefficient (Wildman–Crippen LogP) is 4.94. The molecule has 6 heteroatoms. The number of para-hydroxylation sites is 1. The quantitative estimate of drug-likeness (QED) is 0.533. The summed E-state index contributed by atoms with van der Waals surface area (Å²) in [6.45, 7) is 0.417. The molecule has 0 amide bonds. The van der Waals surface area contributed by atoms with E-state index in [0.717, 1.165) is 24.1 Å². The number of anilines is 1. The van der Waals surface area contributed by atoms with Crippen molar-refractivity contribution < 1.29 is 18.7 Å². The van der Waals surface area contributed by atoms with Crippen molar-refractivity contribution in [3.8, 4) is 11.1 Å². The van der Waals surface area contributed by atoms with Crippen molar-refractivity contribution in [2.24, 2.45) is 0 Å². The lowest BCUT2D eigenvalue weighted by molar-refractivity contribution is -0.137. The van der Waals surface area contributed by atoms with Gasteiger partial charge in [-0.15, -0.1) is 0 Å². The Kier molecular flexibility index (Phi) is 6.98. The highest BCUT2D eigenvalue weighted by atomic mass is 19.1. The van der Waals surface area contributed by atoms with Crippen LogP contribution >= 0.6 is 0 Å². The van der Waals surface area contributed by atoms with Gasteiger partial charge in [0.25, 0.3) is 0 Å². The van der Waals surface area contributed by atoms with Crippen LogP contribution in [0.2, 0.25) is 0 Å². The van der Waals surface area contributed by atoms with Crippen molar-refractivity contribution in [2.45, 2.75) is 51.1 Å². The number of carboxylic acids is 1. The van der Waals surface area contributed by atoms with E-state index >= 15 is 0 Å². The molecule has 0 saturated heterocycles. The zero-order chi connectivity index (χ0) is 19.9. The maximum absolute atomic E-state index is 14.6. The summed E-state index contributed by atoms with van der Waals surface area (Å²) in [5.74, 6) is -2.08. The topological polar surface area (TPSA) is 61.4 Å². The van der Waals surface area contributed by atoms with Crippen LogP contribution in [0.3, 0.4) is 0 Å². The minimum absolute atomic E-state index is 0.0273. The lowest BCUT2D eigenvalue weighted by atomic mass is 10.0. The maximum Gasteiger partial charge on any atom is 0.303 e. The number of hydrogen-bond acceptors (Lipinski definition) is 3. The van der Waals surface area contributed by atoms with Gasteiger partial charge in [0.2, 0.25) is 0 Å². The van der Waals surface area contributed by atoms with E-state index in [0.29, 0.717) is 24.6 Å². The van der Waals surface area contributed by atoms with Gasteiger partial charge in [-0.25, -0.2) is 8.78 Å². The van der Waals surface area contributed by atoms with E-state index < -0.39 is 17.6 Å². The molecule has 2 aromatic carbocycles. The van der Waals surface area contributed by atoms with Crippen LogP contribution in [0.5, 0.6) is 0 Å². The fraction of sp³-hybridized carbons (Fsp3) is 0.409. The van der Waals surface area contributed by atoms with Crippen molar-refractivity contribution in [3.05, 3.63) is 53.6 Å². The molecule has 1 aliphatic carbocycles. The Morgan fingerprint density at radius 3 is 2.46 bits per heavy atom. The molecule has 0 aliphatic heterocycles. The molecule has 1 fully saturated rings. The van der Waals surface area contributed by atoms with Gasteiger partial charge in [-0.1, -0.05) is 31.0 Å². The number of halogens is 2. The summed E-state index contributed by atoms with van der Waals surface area (Å²) in [6, 6.07) is 10.7. The van der Waals surface area contributed by atoms with Crippen LogP contribution in [-0.2, 0) is 11.3 Å². The van der Waals surface area contributed by atoms with Crippen LogP contribution in [0.25, 0.3) is 11.1 Å². The van der Waals surface area contributed by atoms with E-state index in [1.807, 2.05) is 24.3 Å². The molecular formula is C22H26F2N2O2. The molecule has 4 nitrogen and oxygen atoms in total. The average Bonchev–Trinajstić information content (AvgIpc) is 3.16. The van der Waals surface area contributed by atoms with Gasteiger partial charge in [-0.3, -0.25) is 4.79 Å². The van der Waals surface area contributed by atoms with Crippen LogP contribution in [0, 0.1) is 11.6 Å². The highest BCUT2D eigenvalue weighted by Gasteiger charge is 2.18. The van der Waals surface area contributed by atoms with Crippen molar-refractivity contribution >= 4 is 11.7 Å². The number of benzene rings is 2. The smallest absolute Gasteiger partial charge is 0.303 e. The van der Waals surface area contributed by atoms with Gasteiger partial charge in [-0.2, -0.15) is 0 Å². The SMILES string of the molecule is O=C(O)CCCNCc1c(F)cc(-c2ccccc2NC2CCCC2)cc1F. The minimum atomic E-state index is -0.881. The predicted molar refractivity (Wildman–Crippen MR) is 106 cm³/mol. The average molecular weight is 388 g/mol. The van der Waals surface area contributed by atoms with E-state index in [1.165, 1.54) is 25.0 Å². The van der Waals surface area contributed by atoms with E-state index in [9.17, 15) is 13.6 Å². The fourth-order valence-electron chi connectivity index (χ4n) is 3.66. The van der Waals surface area contributed by atoms with Crippen LogP contribution in [0.1, 0.15) is 44.1 Å². The zero-order valence-corrected chi connectivity index (χ0v) is 15.8. The maximum atomic E-state index is 14.6. The van der Waals surface area contributed by atoms with E-state index in [2.05, 4.69) is 10.6 Å². The third-order valence-electron chi connectivity index (χ3n) is 5.14. The van der Waals surface area contributed by atoms with E-state index in [1.54, 1.807) is 0 Å². The molecular weight excluding hydrogens is 362 g/mol. The van der Waals surface area contributed by atoms with Crippen molar-refractivity contribution in [2.75, 3.05) is 11.9 Å². The summed E-state index contributed by atoms with van der Waals surface area (Å²) in [5, 5.41) is 15.0. The Bertz CT molecular complexity index is 797. The molecule has 2 aromatic rings. The van der Waals surface area contributed by atoms with Gasteiger partial charge in [-0.05, 0) is 49.6 Å². The minimum Gasteiger partial charge on any atom is -0.481 e. The molecule has 0 unspecified atom stereocenters. The molecule has 3 N–H and O–H groups in total. The third kappa shape index (κ3) is 5.29. The van der Waals surface area contributed by atoms with Gasteiger partial charge >= 0.3 is 5.97 Å². The molecule has 0 bridgehead atoms.